The van der Waals surface area contributed by atoms with Crippen molar-refractivity contribution >= 4 is 35.0 Å². The van der Waals surface area contributed by atoms with Crippen LogP contribution in [0.25, 0.3) is 10.9 Å². The Morgan fingerprint density at radius 2 is 2.00 bits per heavy atom. The van der Waals surface area contributed by atoms with Crippen LogP contribution in [-0.4, -0.2) is 44.5 Å². The number of anilines is 2. The van der Waals surface area contributed by atoms with Crippen molar-refractivity contribution in [2.45, 2.75) is 57.6 Å². The summed E-state index contributed by atoms with van der Waals surface area (Å²) in [4.78, 5) is 27.0. The van der Waals surface area contributed by atoms with E-state index < -0.39 is 4.87 Å². The van der Waals surface area contributed by atoms with Gasteiger partial charge in [0.15, 0.2) is 5.43 Å². The fourth-order valence-corrected chi connectivity index (χ4v) is 6.84. The fraction of sp³-hybridized carbons (Fsp3) is 0.364. The molecule has 2 aliphatic rings. The molecule has 9 heteroatoms. The van der Waals surface area contributed by atoms with Crippen molar-refractivity contribution in [3.05, 3.63) is 99.1 Å². The number of benzene rings is 1. The molecule has 0 saturated carbocycles. The molecule has 4 aromatic rings. The molecule has 1 fully saturated rings. The average Bonchev–Trinajstić information content (AvgIpc) is 3.21. The fourth-order valence-electron chi connectivity index (χ4n) is 6.37. The van der Waals surface area contributed by atoms with E-state index in [9.17, 15) is 4.79 Å². The Kier molecular flexibility index (Phi) is 7.72. The minimum Gasteiger partial charge on any atom is -0.481 e. The highest BCUT2D eigenvalue weighted by Crippen LogP contribution is 2.36. The lowest BCUT2D eigenvalue weighted by Crippen LogP contribution is -2.55. The van der Waals surface area contributed by atoms with Crippen molar-refractivity contribution in [1.82, 2.24) is 19.4 Å². The number of piperidine rings is 1. The molecule has 1 atom stereocenters. The van der Waals surface area contributed by atoms with Gasteiger partial charge in [-0.25, -0.2) is 9.97 Å². The smallest absolute Gasteiger partial charge is 0.213 e. The van der Waals surface area contributed by atoms with Crippen molar-refractivity contribution in [2.24, 2.45) is 0 Å². The molecule has 5 heterocycles. The van der Waals surface area contributed by atoms with Crippen LogP contribution < -0.4 is 20.8 Å². The molecule has 0 aliphatic carbocycles. The lowest BCUT2D eigenvalue weighted by atomic mass is 9.95. The molecule has 0 radical (unpaired) electrons. The first-order valence-electron chi connectivity index (χ1n) is 14.5. The minimum absolute atomic E-state index is 0.0946. The van der Waals surface area contributed by atoms with Crippen LogP contribution in [0.2, 0.25) is 0 Å². The van der Waals surface area contributed by atoms with E-state index in [1.54, 1.807) is 13.3 Å². The van der Waals surface area contributed by atoms with Crippen LogP contribution in [0.1, 0.15) is 40.7 Å². The number of hydrogen-bond acceptors (Lipinski definition) is 8. The molecule has 1 saturated heterocycles. The molecule has 1 unspecified atom stereocenters. The molecule has 3 aromatic heterocycles. The van der Waals surface area contributed by atoms with E-state index in [2.05, 4.69) is 62.6 Å². The van der Waals surface area contributed by atoms with Gasteiger partial charge in [-0.3, -0.25) is 9.69 Å². The lowest BCUT2D eigenvalue weighted by Gasteiger charge is -2.47. The van der Waals surface area contributed by atoms with E-state index in [1.807, 2.05) is 30.5 Å². The Morgan fingerprint density at radius 3 is 2.79 bits per heavy atom. The number of nitrogens with zero attached hydrogens (tertiary/aromatic N) is 5. The number of pyridine rings is 3. The lowest BCUT2D eigenvalue weighted by molar-refractivity contribution is 0.132. The third-order valence-corrected chi connectivity index (χ3v) is 9.44. The van der Waals surface area contributed by atoms with Crippen molar-refractivity contribution < 1.29 is 4.74 Å². The molecule has 42 heavy (non-hydrogen) atoms. The summed E-state index contributed by atoms with van der Waals surface area (Å²) in [7, 11) is 1.63. The minimum atomic E-state index is -0.509. The molecule has 218 valence electrons. The Balaban J connectivity index is 1.42. The maximum Gasteiger partial charge on any atom is 0.213 e. The van der Waals surface area contributed by atoms with E-state index in [0.29, 0.717) is 31.3 Å². The molecule has 6 rings (SSSR count). The number of nitrogen functional groups attached to an aromatic ring is 1. The average molecular weight is 583 g/mol. The zero-order chi connectivity index (χ0) is 29.4. The van der Waals surface area contributed by atoms with Gasteiger partial charge in [0.25, 0.3) is 0 Å². The first-order chi connectivity index (χ1) is 20.3. The normalized spacial score (nSPS) is 18.5. The highest BCUT2D eigenvalue weighted by Gasteiger charge is 2.38. The first kappa shape index (κ1) is 28.3. The number of aromatic nitrogens is 3. The Morgan fingerprint density at radius 1 is 1.14 bits per heavy atom. The number of ether oxygens (including phenoxy) is 1. The van der Waals surface area contributed by atoms with Crippen LogP contribution in [0.4, 0.5) is 11.5 Å². The molecule has 2 aliphatic heterocycles. The quantitative estimate of drug-likeness (QED) is 0.179. The zero-order valence-corrected chi connectivity index (χ0v) is 25.4. The monoisotopic (exact) mass is 582 g/mol. The predicted molar refractivity (Wildman–Crippen MR) is 172 cm³/mol. The van der Waals surface area contributed by atoms with Gasteiger partial charge in [0, 0.05) is 62.1 Å². The molecule has 0 amide bonds. The summed E-state index contributed by atoms with van der Waals surface area (Å²) in [5.74, 6) is 1.07. The number of rotatable bonds is 7. The van der Waals surface area contributed by atoms with Crippen LogP contribution in [0.3, 0.4) is 0 Å². The second-order valence-electron chi connectivity index (χ2n) is 11.5. The standard InChI is InChI=1S/C33H38N6O2S/c1-22-15-28-31-27(23(22)2)7-4-5-13-37(31)19-25(32(28)40)20-39(18-24-10-12-35-30(16-24)41-3)33(42)11-6-14-38(21-33)26-8-9-29(34)36-17-26/h4-5,8-10,12,15-17,19,42H,6-7,11,13-14,18,20-21H2,1-3H3,(H2,34,36). The summed E-state index contributed by atoms with van der Waals surface area (Å²) in [5.41, 5.74) is 13.5. The molecular formula is C33H38N6O2S. The number of thiol groups is 1. The van der Waals surface area contributed by atoms with Crippen LogP contribution in [0.5, 0.6) is 5.88 Å². The predicted octanol–water partition coefficient (Wildman–Crippen LogP) is 5.04. The summed E-state index contributed by atoms with van der Waals surface area (Å²) in [6.07, 6.45) is 12.8. The van der Waals surface area contributed by atoms with Gasteiger partial charge in [-0.05, 0) is 79.6 Å². The van der Waals surface area contributed by atoms with E-state index in [0.717, 1.165) is 65.6 Å². The van der Waals surface area contributed by atoms with Gasteiger partial charge >= 0.3 is 0 Å². The Labute approximate surface area is 252 Å². The van der Waals surface area contributed by atoms with E-state index in [1.165, 1.54) is 11.1 Å². The maximum atomic E-state index is 14.2. The van der Waals surface area contributed by atoms with Crippen molar-refractivity contribution in [3.8, 4) is 5.88 Å². The van der Waals surface area contributed by atoms with Crippen LogP contribution in [0, 0.1) is 13.8 Å². The molecule has 0 spiro atoms. The first-order valence-corrected chi connectivity index (χ1v) is 14.9. The van der Waals surface area contributed by atoms with Gasteiger partial charge in [-0.15, -0.1) is 0 Å². The third-order valence-electron chi connectivity index (χ3n) is 8.79. The van der Waals surface area contributed by atoms with Gasteiger partial charge in [-0.2, -0.15) is 12.6 Å². The second-order valence-corrected chi connectivity index (χ2v) is 12.3. The maximum absolute atomic E-state index is 14.2. The summed E-state index contributed by atoms with van der Waals surface area (Å²) in [6.45, 7) is 7.63. The summed E-state index contributed by atoms with van der Waals surface area (Å²) < 4.78 is 7.68. The number of allylic oxidation sites excluding steroid dienone is 2. The van der Waals surface area contributed by atoms with E-state index >= 15 is 0 Å². The van der Waals surface area contributed by atoms with Crippen molar-refractivity contribution in [2.75, 3.05) is 30.8 Å². The van der Waals surface area contributed by atoms with Gasteiger partial charge in [0.2, 0.25) is 5.88 Å². The van der Waals surface area contributed by atoms with Crippen LogP contribution in [0.15, 0.2) is 65.9 Å². The number of aryl methyl sites for hydroxylation is 1. The largest absolute Gasteiger partial charge is 0.481 e. The summed E-state index contributed by atoms with van der Waals surface area (Å²) in [6, 6.07) is 9.88. The molecule has 0 bridgehead atoms. The van der Waals surface area contributed by atoms with E-state index in [-0.39, 0.29) is 5.43 Å². The van der Waals surface area contributed by atoms with Gasteiger partial charge < -0.3 is 19.9 Å². The number of nitrogens with two attached hydrogens (primary N) is 1. The number of hydrogen-bond donors (Lipinski definition) is 2. The Hall–Kier alpha value is -3.82. The van der Waals surface area contributed by atoms with Gasteiger partial charge in [0.1, 0.15) is 5.82 Å². The van der Waals surface area contributed by atoms with Crippen molar-refractivity contribution in [3.63, 3.8) is 0 Å². The van der Waals surface area contributed by atoms with Crippen molar-refractivity contribution in [1.29, 1.82) is 0 Å². The third kappa shape index (κ3) is 5.39. The summed E-state index contributed by atoms with van der Waals surface area (Å²) >= 11 is 5.39. The number of methoxy groups -OCH3 is 1. The summed E-state index contributed by atoms with van der Waals surface area (Å²) in [5, 5.41) is 0.797. The molecule has 2 N–H and O–H groups in total. The molecular weight excluding hydrogens is 544 g/mol. The Bertz CT molecular complexity index is 1720. The SMILES string of the molecule is COc1cc(CN(Cc2cn3c4c(c(C)c(C)cc4c2=O)CC=CC3)C2(S)CCCN(c3ccc(N)nc3)C2)ccn1. The van der Waals surface area contributed by atoms with Crippen LogP contribution in [-0.2, 0) is 26.1 Å². The highest BCUT2D eigenvalue weighted by atomic mass is 32.1. The molecule has 1 aromatic carbocycles. The van der Waals surface area contributed by atoms with Crippen LogP contribution >= 0.6 is 12.6 Å². The topological polar surface area (TPSA) is 89.5 Å². The van der Waals surface area contributed by atoms with Gasteiger partial charge in [-0.1, -0.05) is 12.2 Å². The van der Waals surface area contributed by atoms with E-state index in [4.69, 9.17) is 23.1 Å². The second kappa shape index (κ2) is 11.5. The highest BCUT2D eigenvalue weighted by molar-refractivity contribution is 7.81. The van der Waals surface area contributed by atoms with Gasteiger partial charge in [0.05, 0.1) is 29.4 Å². The zero-order valence-electron chi connectivity index (χ0n) is 24.5. The molecule has 8 nitrogen and oxygen atoms in total.